The number of nitrogens with two attached hydrogens (primary N) is 2. The Morgan fingerprint density at radius 2 is 0.436 bits per heavy atom. The average Bonchev–Trinajstić information content (AvgIpc) is 3.17. The van der Waals surface area contributed by atoms with Crippen LogP contribution in [-0.2, 0) is 9.59 Å². The number of rotatable bonds is 44. The van der Waals surface area contributed by atoms with Crippen LogP contribution in [0.2, 0.25) is 0 Å². The molecule has 0 unspecified atom stereocenters. The highest BCUT2D eigenvalue weighted by molar-refractivity contribution is 5.67. The molecule has 0 rings (SSSR count). The number of carboxylic acids is 2. The molecule has 0 radical (unpaired) electrons. The third-order valence-corrected chi connectivity index (χ3v) is 10.8. The SMILES string of the molecule is CCCCCCCCCCC[NH2+]CCCCCCCCCCC.CCCCCCCCCCC[NH2+]CCCCCCCCCCC.O=C([O-])CCCC(=O)[O-]. The maximum atomic E-state index is 9.66. The molecular formula is C49H102N2O4. The minimum Gasteiger partial charge on any atom is -0.550 e. The number of carbonyl (C=O) groups is 2. The molecule has 0 saturated heterocycles. The van der Waals surface area contributed by atoms with E-state index in [4.69, 9.17) is 0 Å². The van der Waals surface area contributed by atoms with Crippen molar-refractivity contribution in [1.82, 2.24) is 0 Å². The fourth-order valence-electron chi connectivity index (χ4n) is 7.06. The van der Waals surface area contributed by atoms with Gasteiger partial charge in [0.05, 0.1) is 26.2 Å². The van der Waals surface area contributed by atoms with Crippen molar-refractivity contribution in [1.29, 1.82) is 0 Å². The van der Waals surface area contributed by atoms with Crippen LogP contribution in [0.4, 0.5) is 0 Å². The summed E-state index contributed by atoms with van der Waals surface area (Å²) in [6.07, 6.45) is 51.9. The second-order valence-corrected chi connectivity index (χ2v) is 16.6. The van der Waals surface area contributed by atoms with Crippen LogP contribution in [-0.4, -0.2) is 38.1 Å². The summed E-state index contributed by atoms with van der Waals surface area (Å²) in [4.78, 5) is 19.3. The second-order valence-electron chi connectivity index (χ2n) is 16.6. The highest BCUT2D eigenvalue weighted by Gasteiger charge is 1.98. The number of aliphatic carboxylic acids is 2. The van der Waals surface area contributed by atoms with E-state index in [9.17, 15) is 19.8 Å². The van der Waals surface area contributed by atoms with Gasteiger partial charge in [-0.15, -0.1) is 0 Å². The summed E-state index contributed by atoms with van der Waals surface area (Å²) in [6, 6.07) is 0. The lowest BCUT2D eigenvalue weighted by atomic mass is 10.1. The van der Waals surface area contributed by atoms with E-state index >= 15 is 0 Å². The van der Waals surface area contributed by atoms with Gasteiger partial charge in [0.15, 0.2) is 0 Å². The van der Waals surface area contributed by atoms with Crippen molar-refractivity contribution in [3.05, 3.63) is 0 Å². The molecule has 0 saturated carbocycles. The van der Waals surface area contributed by atoms with Gasteiger partial charge in [-0.05, 0) is 70.6 Å². The monoisotopic (exact) mass is 783 g/mol. The summed E-state index contributed by atoms with van der Waals surface area (Å²) < 4.78 is 0. The minimum absolute atomic E-state index is 0.0880. The fourth-order valence-corrected chi connectivity index (χ4v) is 7.06. The number of hydrogen-bond acceptors (Lipinski definition) is 4. The van der Waals surface area contributed by atoms with Crippen LogP contribution in [0.15, 0.2) is 0 Å². The highest BCUT2D eigenvalue weighted by atomic mass is 16.4. The molecule has 0 aliphatic rings. The first kappa shape index (κ1) is 58.2. The number of carbonyl (C=O) groups excluding carboxylic acids is 2. The Balaban J connectivity index is -0.000000805. The molecule has 0 aromatic carbocycles. The van der Waals surface area contributed by atoms with Crippen LogP contribution >= 0.6 is 0 Å². The molecule has 0 atom stereocenters. The van der Waals surface area contributed by atoms with Crippen LogP contribution in [0.3, 0.4) is 0 Å². The minimum atomic E-state index is -1.23. The smallest absolute Gasteiger partial charge is 0.0755 e. The molecule has 4 N–H and O–H groups in total. The van der Waals surface area contributed by atoms with E-state index in [1.54, 1.807) is 0 Å². The topological polar surface area (TPSA) is 113 Å². The van der Waals surface area contributed by atoms with Crippen LogP contribution in [0.25, 0.3) is 0 Å². The van der Waals surface area contributed by atoms with Crippen LogP contribution in [0.5, 0.6) is 0 Å². The van der Waals surface area contributed by atoms with Gasteiger partial charge in [0.25, 0.3) is 0 Å². The maximum absolute atomic E-state index is 9.66. The lowest BCUT2D eigenvalue weighted by molar-refractivity contribution is -0.655. The number of unbranched alkanes of at least 4 members (excludes halogenated alkanes) is 32. The van der Waals surface area contributed by atoms with Gasteiger partial charge >= 0.3 is 0 Å². The van der Waals surface area contributed by atoms with Gasteiger partial charge in [-0.3, -0.25) is 0 Å². The quantitative estimate of drug-likeness (QED) is 0.0599. The van der Waals surface area contributed by atoms with Gasteiger partial charge in [0.1, 0.15) is 0 Å². The summed E-state index contributed by atoms with van der Waals surface area (Å²) in [6.45, 7) is 14.7. The summed E-state index contributed by atoms with van der Waals surface area (Å²) in [5.74, 6) is -2.45. The predicted molar refractivity (Wildman–Crippen MR) is 236 cm³/mol. The van der Waals surface area contributed by atoms with Crippen molar-refractivity contribution in [2.75, 3.05) is 26.2 Å². The largest absolute Gasteiger partial charge is 0.550 e. The van der Waals surface area contributed by atoms with E-state index < -0.39 is 11.9 Å². The third kappa shape index (κ3) is 67.9. The van der Waals surface area contributed by atoms with Crippen LogP contribution < -0.4 is 20.8 Å². The van der Waals surface area contributed by atoms with Crippen molar-refractivity contribution in [3.8, 4) is 0 Å². The molecule has 0 fully saturated rings. The highest BCUT2D eigenvalue weighted by Crippen LogP contribution is 2.12. The Hall–Kier alpha value is -1.14. The molecule has 0 amide bonds. The first-order valence-electron chi connectivity index (χ1n) is 25.0. The number of hydrogen-bond donors (Lipinski definition) is 2. The molecule has 0 bridgehead atoms. The van der Waals surface area contributed by atoms with Crippen molar-refractivity contribution < 1.29 is 30.4 Å². The zero-order valence-corrected chi connectivity index (χ0v) is 38.2. The summed E-state index contributed by atoms with van der Waals surface area (Å²) in [7, 11) is 0. The Kier molecular flexibility index (Phi) is 60.5. The lowest BCUT2D eigenvalue weighted by Gasteiger charge is -2.03. The maximum Gasteiger partial charge on any atom is 0.0755 e. The molecule has 6 heteroatoms. The second kappa shape index (κ2) is 57.2. The fraction of sp³-hybridized carbons (Fsp3) is 0.959. The average molecular weight is 783 g/mol. The van der Waals surface area contributed by atoms with Crippen LogP contribution in [0.1, 0.15) is 278 Å². The molecule has 0 spiro atoms. The standard InChI is InChI=1S/2C22H47N.C5H8O4/c2*1-3-5-7-9-11-13-15-17-19-21-23-22-20-18-16-14-12-10-8-6-4-2;6-4(7)2-1-3-5(8)9/h2*23H,3-22H2,1-2H3;1-3H2,(H,6,7)(H,8,9). The van der Waals surface area contributed by atoms with Crippen molar-refractivity contribution >= 4 is 11.9 Å². The third-order valence-electron chi connectivity index (χ3n) is 10.8. The van der Waals surface area contributed by atoms with E-state index in [2.05, 4.69) is 38.3 Å². The van der Waals surface area contributed by atoms with Gasteiger partial charge in [0.2, 0.25) is 0 Å². The first-order valence-corrected chi connectivity index (χ1v) is 25.0. The molecular weight excluding hydrogens is 681 g/mol. The molecule has 0 aromatic heterocycles. The first-order chi connectivity index (χ1) is 27.0. The van der Waals surface area contributed by atoms with Crippen molar-refractivity contribution in [2.24, 2.45) is 0 Å². The van der Waals surface area contributed by atoms with E-state index in [-0.39, 0.29) is 19.3 Å². The van der Waals surface area contributed by atoms with E-state index in [0.29, 0.717) is 0 Å². The normalized spacial score (nSPS) is 10.8. The zero-order valence-electron chi connectivity index (χ0n) is 38.2. The molecule has 0 aliphatic heterocycles. The Labute approximate surface area is 345 Å². The molecule has 55 heavy (non-hydrogen) atoms. The Morgan fingerprint density at radius 1 is 0.273 bits per heavy atom. The lowest BCUT2D eigenvalue weighted by Crippen LogP contribution is -2.84. The molecule has 332 valence electrons. The summed E-state index contributed by atoms with van der Waals surface area (Å²) in [5.41, 5.74) is 0. The molecule has 0 aliphatic carbocycles. The van der Waals surface area contributed by atoms with E-state index in [1.807, 2.05) is 0 Å². The summed E-state index contributed by atoms with van der Waals surface area (Å²) >= 11 is 0. The molecule has 0 heterocycles. The Morgan fingerprint density at radius 3 is 0.600 bits per heavy atom. The molecule has 6 nitrogen and oxygen atoms in total. The van der Waals surface area contributed by atoms with Crippen molar-refractivity contribution in [3.63, 3.8) is 0 Å². The van der Waals surface area contributed by atoms with Gasteiger partial charge in [0, 0.05) is 11.9 Å². The van der Waals surface area contributed by atoms with Gasteiger partial charge in [-0.25, -0.2) is 0 Å². The van der Waals surface area contributed by atoms with Gasteiger partial charge in [-0.2, -0.15) is 0 Å². The number of carboxylic acid groups (broad SMARTS) is 2. The Bertz CT molecular complexity index is 594. The number of quaternary nitrogens is 2. The zero-order chi connectivity index (χ0) is 41.0. The summed E-state index contributed by atoms with van der Waals surface area (Å²) in [5, 5.41) is 24.4. The van der Waals surface area contributed by atoms with Gasteiger partial charge < -0.3 is 30.4 Å². The van der Waals surface area contributed by atoms with Gasteiger partial charge in [-0.1, -0.05) is 207 Å². The van der Waals surface area contributed by atoms with E-state index in [0.717, 1.165) is 0 Å². The van der Waals surface area contributed by atoms with Crippen molar-refractivity contribution in [2.45, 2.75) is 278 Å². The van der Waals surface area contributed by atoms with E-state index in [1.165, 1.54) is 257 Å². The van der Waals surface area contributed by atoms with Crippen LogP contribution in [0, 0.1) is 0 Å². The predicted octanol–water partition coefficient (Wildman–Crippen LogP) is 10.9. The molecule has 0 aromatic rings.